The maximum atomic E-state index is 12.2. The zero-order chi connectivity index (χ0) is 41.1. The highest BCUT2D eigenvalue weighted by Crippen LogP contribution is 2.51. The first kappa shape index (κ1) is 44.2. The van der Waals surface area contributed by atoms with E-state index in [-0.39, 0.29) is 29.1 Å². The summed E-state index contributed by atoms with van der Waals surface area (Å²) >= 11 is 0. The Balaban J connectivity index is 1.69. The van der Waals surface area contributed by atoms with Crippen LogP contribution in [0.4, 0.5) is 11.4 Å². The molecule has 2 aromatic carbocycles. The maximum absolute atomic E-state index is 12.2. The molecule has 1 unspecified atom stereocenters. The van der Waals surface area contributed by atoms with Gasteiger partial charge in [0.05, 0.1) is 17.4 Å². The van der Waals surface area contributed by atoms with E-state index in [0.717, 1.165) is 60.6 Å². The van der Waals surface area contributed by atoms with Crippen molar-refractivity contribution >= 4 is 45.1 Å². The highest BCUT2D eigenvalue weighted by atomic mass is 32.2. The Morgan fingerprint density at radius 1 is 0.821 bits per heavy atom. The molecule has 0 bridgehead atoms. The number of carboxylic acids is 2. The van der Waals surface area contributed by atoms with Crippen molar-refractivity contribution in [2.75, 3.05) is 25.1 Å². The zero-order valence-corrected chi connectivity index (χ0v) is 34.3. The lowest BCUT2D eigenvalue weighted by Gasteiger charge is -2.30. The second-order valence-electron chi connectivity index (χ2n) is 15.6. The summed E-state index contributed by atoms with van der Waals surface area (Å²) in [5.41, 5.74) is 6.34. The molecule has 12 heteroatoms. The minimum Gasteiger partial charge on any atom is -0.744 e. The number of hydrogen-bond donors (Lipinski definition) is 2. The van der Waals surface area contributed by atoms with E-state index >= 15 is 0 Å². The number of aliphatic carboxylic acids is 2. The normalized spacial score (nSPS) is 18.3. The number of unbranched alkanes of at least 4 members (excludes halogenated alkanes) is 6. The molecule has 4 rings (SSSR count). The highest BCUT2D eigenvalue weighted by molar-refractivity contribution is 7.85. The van der Waals surface area contributed by atoms with Gasteiger partial charge in [0.2, 0.25) is 5.69 Å². The van der Waals surface area contributed by atoms with Gasteiger partial charge in [-0.05, 0) is 102 Å². The fourth-order valence-corrected chi connectivity index (χ4v) is 8.55. The molecule has 304 valence electrons. The van der Waals surface area contributed by atoms with Gasteiger partial charge in [0.1, 0.15) is 16.7 Å². The van der Waals surface area contributed by atoms with Crippen LogP contribution in [0, 0.1) is 6.92 Å². The Morgan fingerprint density at radius 2 is 1.48 bits per heavy atom. The molecular weight excluding hydrogens is 733 g/mol. The van der Waals surface area contributed by atoms with Crippen LogP contribution in [-0.4, -0.2) is 71.6 Å². The van der Waals surface area contributed by atoms with Crippen LogP contribution in [0.1, 0.15) is 121 Å². The van der Waals surface area contributed by atoms with Crippen molar-refractivity contribution < 1.29 is 46.9 Å². The van der Waals surface area contributed by atoms with Gasteiger partial charge in [0.25, 0.3) is 0 Å². The molecule has 2 heterocycles. The van der Waals surface area contributed by atoms with Crippen LogP contribution < -0.4 is 4.90 Å². The summed E-state index contributed by atoms with van der Waals surface area (Å²) in [7, 11) is -3.34. The molecule has 2 aliphatic heterocycles. The van der Waals surface area contributed by atoms with Gasteiger partial charge in [-0.25, -0.2) is 8.42 Å². The van der Waals surface area contributed by atoms with Crippen LogP contribution in [0.2, 0.25) is 0 Å². The van der Waals surface area contributed by atoms with Crippen LogP contribution in [0.3, 0.4) is 0 Å². The van der Waals surface area contributed by atoms with E-state index in [0.29, 0.717) is 51.5 Å². The van der Waals surface area contributed by atoms with E-state index in [4.69, 9.17) is 14.9 Å². The summed E-state index contributed by atoms with van der Waals surface area (Å²) in [5, 5.41) is 18.2. The van der Waals surface area contributed by atoms with Gasteiger partial charge in [-0.15, -0.1) is 0 Å². The van der Waals surface area contributed by atoms with Crippen molar-refractivity contribution in [2.45, 2.75) is 127 Å². The molecule has 56 heavy (non-hydrogen) atoms. The average molecular weight is 791 g/mol. The monoisotopic (exact) mass is 790 g/mol. The molecule has 0 radical (unpaired) electrons. The first-order valence-corrected chi connectivity index (χ1v) is 21.1. The number of aryl methyl sites for hydroxylation is 1. The lowest BCUT2D eigenvalue weighted by molar-refractivity contribution is -0.438. The summed E-state index contributed by atoms with van der Waals surface area (Å²) in [6.45, 7) is 9.95. The third kappa shape index (κ3) is 11.1. The largest absolute Gasteiger partial charge is 0.744 e. The maximum Gasteiger partial charge on any atom is 0.305 e. The highest BCUT2D eigenvalue weighted by Gasteiger charge is 2.45. The second kappa shape index (κ2) is 19.5. The molecule has 1 atom stereocenters. The minimum absolute atomic E-state index is 0.0883. The van der Waals surface area contributed by atoms with Crippen molar-refractivity contribution in [3.8, 4) is 0 Å². The number of allylic oxidation sites excluding steroid dienone is 6. The van der Waals surface area contributed by atoms with Gasteiger partial charge in [0.15, 0.2) is 5.71 Å². The average Bonchev–Trinajstić information content (AvgIpc) is 3.48. The van der Waals surface area contributed by atoms with Gasteiger partial charge in [-0.2, -0.15) is 4.58 Å². The second-order valence-corrected chi connectivity index (χ2v) is 17.0. The number of benzene rings is 2. The summed E-state index contributed by atoms with van der Waals surface area (Å²) in [4.78, 5) is 35.8. The Bertz CT molecular complexity index is 1990. The number of nitrogens with zero attached hydrogens (tertiary/aromatic N) is 2. The Kier molecular flexibility index (Phi) is 15.4. The first-order chi connectivity index (χ1) is 26.5. The fourth-order valence-electron chi connectivity index (χ4n) is 8.05. The number of methoxy groups -OCH3 is 1. The van der Waals surface area contributed by atoms with Crippen molar-refractivity contribution in [3.63, 3.8) is 0 Å². The van der Waals surface area contributed by atoms with Crippen molar-refractivity contribution in [3.05, 3.63) is 89.2 Å². The summed E-state index contributed by atoms with van der Waals surface area (Å²) in [6, 6.07) is 11.1. The first-order valence-electron chi connectivity index (χ1n) is 19.7. The molecule has 0 amide bonds. The molecular formula is C44H58N2O9S. The van der Waals surface area contributed by atoms with E-state index < -0.39 is 27.5 Å². The molecule has 0 spiro atoms. The standard InChI is InChI=1S/C44H58N2O9S/c1-32-23-25-36-34(30-32)43(2,3)38(45(36)28-16-8-12-20-40(47)48)18-10-6-11-19-39-44(4,27-15-7-14-22-42(51)55-5)35-31-33(56(52,53)54)24-26-37(35)46(39)29-17-9-13-21-41(49)50/h6,10-11,18-19,23-26,30-31H,7-9,12-17,20-22,27-29H2,1-5H3,(H2-,47,48,49,50,52,53,54). The zero-order valence-electron chi connectivity index (χ0n) is 33.5. The predicted molar refractivity (Wildman–Crippen MR) is 217 cm³/mol. The van der Waals surface area contributed by atoms with E-state index in [9.17, 15) is 27.4 Å². The van der Waals surface area contributed by atoms with E-state index in [1.165, 1.54) is 30.4 Å². The van der Waals surface area contributed by atoms with E-state index in [1.54, 1.807) is 6.07 Å². The number of carboxylic acid groups (broad SMARTS) is 2. The third-order valence-electron chi connectivity index (χ3n) is 11.1. The summed E-state index contributed by atoms with van der Waals surface area (Å²) < 4.78 is 43.7. The number of carbonyl (C=O) groups excluding carboxylic acids is 1. The van der Waals surface area contributed by atoms with Gasteiger partial charge in [-0.1, -0.05) is 49.1 Å². The van der Waals surface area contributed by atoms with E-state index in [1.807, 2.05) is 24.3 Å². The SMILES string of the molecule is COC(=O)CCCCCC1(C)C(=CC=CC=CC2=[N+](CCCCCC(=O)O)c3ccc(C)cc3C2(C)C)N(CCCCCC(=O)O)c2ccc(S(=O)(=O)[O-])cc21. The van der Waals surface area contributed by atoms with Crippen molar-refractivity contribution in [1.29, 1.82) is 0 Å². The number of fused-ring (bicyclic) bond motifs is 2. The van der Waals surface area contributed by atoms with Crippen LogP contribution in [0.5, 0.6) is 0 Å². The molecule has 0 fully saturated rings. The summed E-state index contributed by atoms with van der Waals surface area (Å²) in [5.74, 6) is -1.88. The van der Waals surface area contributed by atoms with Crippen LogP contribution in [-0.2, 0) is 40.1 Å². The molecule has 0 aliphatic carbocycles. The predicted octanol–water partition coefficient (Wildman–Crippen LogP) is 8.46. The number of ether oxygens (including phenoxy) is 1. The van der Waals surface area contributed by atoms with E-state index in [2.05, 4.69) is 61.4 Å². The number of esters is 1. The quantitative estimate of drug-likeness (QED) is 0.0389. The number of anilines is 1. The lowest BCUT2D eigenvalue weighted by Crippen LogP contribution is -2.29. The number of carbonyl (C=O) groups is 3. The molecule has 2 N–H and O–H groups in total. The lowest BCUT2D eigenvalue weighted by atomic mass is 9.77. The van der Waals surface area contributed by atoms with Crippen LogP contribution in [0.15, 0.2) is 77.4 Å². The minimum atomic E-state index is -4.71. The third-order valence-corrected chi connectivity index (χ3v) is 11.9. The van der Waals surface area contributed by atoms with Gasteiger partial charge in [0, 0.05) is 66.7 Å². The van der Waals surface area contributed by atoms with Gasteiger partial charge in [-0.3, -0.25) is 14.4 Å². The Labute approximate surface area is 332 Å². The molecule has 0 saturated heterocycles. The Hall–Kier alpha value is -4.55. The smallest absolute Gasteiger partial charge is 0.305 e. The molecule has 0 aromatic heterocycles. The molecule has 0 saturated carbocycles. The molecule has 2 aromatic rings. The van der Waals surface area contributed by atoms with Gasteiger partial charge < -0.3 is 24.4 Å². The number of rotatable bonds is 22. The van der Waals surface area contributed by atoms with Crippen molar-refractivity contribution in [1.82, 2.24) is 0 Å². The molecule has 2 aliphatic rings. The fraction of sp³-hybridized carbons (Fsp3) is 0.500. The van der Waals surface area contributed by atoms with Crippen LogP contribution in [0.25, 0.3) is 0 Å². The van der Waals surface area contributed by atoms with Crippen molar-refractivity contribution in [2.24, 2.45) is 0 Å². The van der Waals surface area contributed by atoms with Crippen LogP contribution >= 0.6 is 0 Å². The molecule has 11 nitrogen and oxygen atoms in total. The summed E-state index contributed by atoms with van der Waals surface area (Å²) in [6.07, 6.45) is 17.8. The topological polar surface area (TPSA) is 164 Å². The van der Waals surface area contributed by atoms with Gasteiger partial charge >= 0.3 is 17.9 Å². The number of hydrogen-bond acceptors (Lipinski definition) is 8. The Morgan fingerprint density at radius 3 is 2.14 bits per heavy atom.